The highest BCUT2D eigenvalue weighted by molar-refractivity contribution is 7.91. The molecule has 6 nitrogen and oxygen atoms in total. The Labute approximate surface area is 279 Å². The van der Waals surface area contributed by atoms with Crippen LogP contribution in [0.5, 0.6) is 0 Å². The average Bonchev–Trinajstić information content (AvgIpc) is 3.42. The fourth-order valence-electron chi connectivity index (χ4n) is 13.8. The van der Waals surface area contributed by atoms with Gasteiger partial charge in [-0.1, -0.05) is 53.2 Å². The molecular weight excluding hydrogens is 593 g/mol. The van der Waals surface area contributed by atoms with E-state index in [-0.39, 0.29) is 16.9 Å². The van der Waals surface area contributed by atoms with E-state index in [1.54, 1.807) is 0 Å². The molecule has 4 saturated carbocycles. The van der Waals surface area contributed by atoms with Crippen molar-refractivity contribution in [1.29, 1.82) is 0 Å². The third kappa shape index (κ3) is 5.05. The van der Waals surface area contributed by atoms with E-state index in [1.807, 2.05) is 0 Å². The van der Waals surface area contributed by atoms with Gasteiger partial charge in [-0.15, -0.1) is 0 Å². The van der Waals surface area contributed by atoms with Crippen LogP contribution in [0.1, 0.15) is 118 Å². The molecule has 0 radical (unpaired) electrons. The lowest BCUT2D eigenvalue weighted by atomic mass is 9.33. The number of hydrogen-bond acceptors (Lipinski definition) is 5. The molecule has 7 rings (SSSR count). The highest BCUT2D eigenvalue weighted by atomic mass is 32.2. The van der Waals surface area contributed by atoms with E-state index in [9.17, 15) is 18.3 Å². The van der Waals surface area contributed by atoms with Crippen LogP contribution in [0.15, 0.2) is 23.3 Å². The van der Waals surface area contributed by atoms with Crippen LogP contribution in [0.2, 0.25) is 0 Å². The van der Waals surface area contributed by atoms with Crippen molar-refractivity contribution in [3.8, 4) is 0 Å². The van der Waals surface area contributed by atoms with Crippen LogP contribution in [-0.4, -0.2) is 67.6 Å². The zero-order valence-electron chi connectivity index (χ0n) is 29.5. The Balaban J connectivity index is 1.09. The maximum absolute atomic E-state index is 11.9. The zero-order chi connectivity index (χ0) is 32.8. The van der Waals surface area contributed by atoms with Crippen molar-refractivity contribution in [1.82, 2.24) is 10.2 Å². The summed E-state index contributed by atoms with van der Waals surface area (Å²) in [5.74, 6) is 2.74. The number of rotatable bonds is 6. The van der Waals surface area contributed by atoms with E-state index in [2.05, 4.69) is 57.0 Å². The molecule has 1 heterocycles. The molecule has 46 heavy (non-hydrogen) atoms. The summed E-state index contributed by atoms with van der Waals surface area (Å²) in [6, 6.07) is 0. The monoisotopic (exact) mass is 654 g/mol. The number of aliphatic carboxylic acids is 1. The van der Waals surface area contributed by atoms with Crippen molar-refractivity contribution in [2.45, 2.75) is 124 Å². The number of nitrogens with one attached hydrogen (secondary N) is 1. The van der Waals surface area contributed by atoms with Crippen LogP contribution < -0.4 is 5.32 Å². The summed E-state index contributed by atoms with van der Waals surface area (Å²) in [4.78, 5) is 14.0. The second-order valence-electron chi connectivity index (χ2n) is 18.3. The van der Waals surface area contributed by atoms with Crippen LogP contribution in [-0.2, 0) is 14.6 Å². The summed E-state index contributed by atoms with van der Waals surface area (Å²) in [6.07, 6.45) is 20.5. The Morgan fingerprint density at radius 3 is 2.35 bits per heavy atom. The molecule has 1 saturated heterocycles. The van der Waals surface area contributed by atoms with E-state index in [4.69, 9.17) is 0 Å². The maximum atomic E-state index is 11.9. The van der Waals surface area contributed by atoms with Crippen molar-refractivity contribution >= 4 is 15.8 Å². The van der Waals surface area contributed by atoms with Crippen LogP contribution in [0.3, 0.4) is 0 Å². The van der Waals surface area contributed by atoms with Crippen molar-refractivity contribution < 1.29 is 18.3 Å². The molecule has 7 aliphatic rings. The molecule has 0 bridgehead atoms. The van der Waals surface area contributed by atoms with Gasteiger partial charge in [0.1, 0.15) is 0 Å². The Hall–Kier alpha value is -1.18. The molecule has 0 amide bonds. The Kier molecular flexibility index (Phi) is 8.28. The van der Waals surface area contributed by atoms with Crippen molar-refractivity contribution in [2.24, 2.45) is 51.2 Å². The van der Waals surface area contributed by atoms with Crippen LogP contribution in [0.4, 0.5) is 0 Å². The van der Waals surface area contributed by atoms with E-state index >= 15 is 0 Å². The number of allylic oxidation sites excluding steroid dienone is 4. The topological polar surface area (TPSA) is 86.7 Å². The molecule has 0 aromatic heterocycles. The van der Waals surface area contributed by atoms with Gasteiger partial charge in [-0.05, 0) is 134 Å². The predicted molar refractivity (Wildman–Crippen MR) is 185 cm³/mol. The molecule has 258 valence electrons. The van der Waals surface area contributed by atoms with E-state index in [0.717, 1.165) is 43.7 Å². The largest absolute Gasteiger partial charge is 0.481 e. The molecule has 5 fully saturated rings. The van der Waals surface area contributed by atoms with Crippen molar-refractivity contribution in [3.63, 3.8) is 0 Å². The van der Waals surface area contributed by atoms with E-state index in [1.165, 1.54) is 75.4 Å². The lowest BCUT2D eigenvalue weighted by Gasteiger charge is -2.72. The smallest absolute Gasteiger partial charge is 0.306 e. The van der Waals surface area contributed by atoms with Gasteiger partial charge in [-0.25, -0.2) is 8.42 Å². The zero-order valence-corrected chi connectivity index (χ0v) is 30.3. The van der Waals surface area contributed by atoms with E-state index in [0.29, 0.717) is 53.2 Å². The van der Waals surface area contributed by atoms with E-state index < -0.39 is 15.8 Å². The van der Waals surface area contributed by atoms with Gasteiger partial charge in [-0.3, -0.25) is 4.79 Å². The van der Waals surface area contributed by atoms with Crippen molar-refractivity contribution in [2.75, 3.05) is 37.7 Å². The van der Waals surface area contributed by atoms with Gasteiger partial charge >= 0.3 is 5.97 Å². The fraction of sp³-hybridized carbons (Fsp3) is 0.872. The predicted octanol–water partition coefficient (Wildman–Crippen LogP) is 7.26. The first kappa shape index (κ1) is 33.3. The molecule has 7 heteroatoms. The molecule has 1 aliphatic heterocycles. The number of carboxylic acid groups (broad SMARTS) is 1. The summed E-state index contributed by atoms with van der Waals surface area (Å²) in [5.41, 5.74) is 4.39. The van der Waals surface area contributed by atoms with Gasteiger partial charge < -0.3 is 15.3 Å². The first-order valence-electron chi connectivity index (χ1n) is 19.0. The summed E-state index contributed by atoms with van der Waals surface area (Å²) in [7, 11) is -2.83. The Bertz CT molecular complexity index is 1390. The normalized spacial score (nSPS) is 46.6. The second-order valence-corrected chi connectivity index (χ2v) is 20.6. The minimum Gasteiger partial charge on any atom is -0.481 e. The first-order valence-corrected chi connectivity index (χ1v) is 20.8. The number of carbonyl (C=O) groups is 1. The molecule has 0 spiro atoms. The van der Waals surface area contributed by atoms with Crippen molar-refractivity contribution in [3.05, 3.63) is 23.3 Å². The van der Waals surface area contributed by atoms with Crippen LogP contribution in [0.25, 0.3) is 0 Å². The highest BCUT2D eigenvalue weighted by Gasteiger charge is 2.69. The lowest BCUT2D eigenvalue weighted by molar-refractivity contribution is -0.218. The Morgan fingerprint density at radius 1 is 0.891 bits per heavy atom. The number of sulfone groups is 1. The number of fused-ring (bicyclic) bond motifs is 7. The minimum atomic E-state index is -2.83. The molecule has 0 aromatic carbocycles. The van der Waals surface area contributed by atoms with Crippen LogP contribution in [0, 0.1) is 51.2 Å². The minimum absolute atomic E-state index is 0.115. The summed E-state index contributed by atoms with van der Waals surface area (Å²) in [5, 5.41) is 13.7. The number of hydrogen-bond donors (Lipinski definition) is 2. The summed E-state index contributed by atoms with van der Waals surface area (Å²) < 4.78 is 23.9. The maximum Gasteiger partial charge on any atom is 0.306 e. The molecule has 9 atom stereocenters. The van der Waals surface area contributed by atoms with Gasteiger partial charge in [0.25, 0.3) is 0 Å². The standard InChI is InChI=1S/C39H62N2O4S/c1-35(2)29(27-8-10-28(11-9-27)34(42)43)14-17-36(3)32(35)15-18-38(5)33(36)13-12-30-31-7-6-16-39(31,20-19-37(30,38)4)40-21-22-41-23-25-46(44,45)26-24-41/h8,14,28,30-33,40H,6-7,9-13,15-26H2,1-5H3,(H,42,43)/t28-,30+,31+,32?,33?,36-,37+,38+,39-/m0/s1. The fourth-order valence-corrected chi connectivity index (χ4v) is 15.0. The summed E-state index contributed by atoms with van der Waals surface area (Å²) in [6.45, 7) is 16.5. The van der Waals surface area contributed by atoms with Crippen LogP contribution >= 0.6 is 0 Å². The van der Waals surface area contributed by atoms with Gasteiger partial charge in [0.2, 0.25) is 0 Å². The quantitative estimate of drug-likeness (QED) is 0.314. The molecule has 2 unspecified atom stereocenters. The van der Waals surface area contributed by atoms with Gasteiger partial charge in [0, 0.05) is 31.7 Å². The summed E-state index contributed by atoms with van der Waals surface area (Å²) >= 11 is 0. The molecular formula is C39H62N2O4S. The van der Waals surface area contributed by atoms with Gasteiger partial charge in [-0.2, -0.15) is 0 Å². The SMILES string of the molecule is CC1(C)C(C2=CC[C@H](C(=O)O)CC2)=CC[C@@]2(C)C1CC[C@]1(C)C2CC[C@@H]2[C@H]3CCC[C@]3(NCCN3CCS(=O)(=O)CC3)CC[C@]21C. The number of nitrogens with zero attached hydrogens (tertiary/aromatic N) is 1. The Morgan fingerprint density at radius 2 is 1.65 bits per heavy atom. The van der Waals surface area contributed by atoms with Gasteiger partial charge in [0.05, 0.1) is 17.4 Å². The molecule has 2 N–H and O–H groups in total. The number of carboxylic acids is 1. The molecule has 0 aromatic rings. The lowest BCUT2D eigenvalue weighted by Crippen LogP contribution is -2.67. The third-order valence-electron chi connectivity index (χ3n) is 16.4. The highest BCUT2D eigenvalue weighted by Crippen LogP contribution is 2.76. The third-order valence-corrected chi connectivity index (χ3v) is 18.0. The first-order chi connectivity index (χ1) is 21.7. The second kappa shape index (κ2) is 11.4. The van der Waals surface area contributed by atoms with Gasteiger partial charge in [0.15, 0.2) is 9.84 Å². The molecule has 6 aliphatic carbocycles. The average molecular weight is 655 g/mol.